The summed E-state index contributed by atoms with van der Waals surface area (Å²) in [6, 6.07) is 0. The van der Waals surface area contributed by atoms with Gasteiger partial charge in [-0.1, -0.05) is 0 Å². The molecule has 1 unspecified atom stereocenters. The molecule has 0 fully saturated rings. The van der Waals surface area contributed by atoms with Gasteiger partial charge >= 0.3 is 17.5 Å². The van der Waals surface area contributed by atoms with Gasteiger partial charge in [-0.25, -0.2) is 11.4 Å². The Morgan fingerprint density at radius 3 is 2.09 bits per heavy atom. The van der Waals surface area contributed by atoms with Crippen LogP contribution < -0.4 is 0 Å². The maximum atomic E-state index is 10.3. The summed E-state index contributed by atoms with van der Waals surface area (Å²) < 4.78 is 0. The van der Waals surface area contributed by atoms with E-state index in [1.807, 2.05) is 0 Å². The Kier molecular flexibility index (Phi) is 2.58. The van der Waals surface area contributed by atoms with Crippen molar-refractivity contribution in [2.75, 3.05) is 0 Å². The van der Waals surface area contributed by atoms with E-state index in [9.17, 15) is 9.59 Å². The highest BCUT2D eigenvalue weighted by Crippen LogP contribution is 2.15. The van der Waals surface area contributed by atoms with Crippen molar-refractivity contribution >= 4 is 11.9 Å². The molecule has 0 bridgehead atoms. The van der Waals surface area contributed by atoms with E-state index >= 15 is 0 Å². The molecule has 0 saturated carbocycles. The van der Waals surface area contributed by atoms with Crippen LogP contribution in [0.2, 0.25) is 0 Å². The second-order valence-corrected chi connectivity index (χ2v) is 2.26. The highest BCUT2D eigenvalue weighted by Gasteiger charge is 2.42. The predicted octanol–water partition coefficient (Wildman–Crippen LogP) is 0.224. The summed E-state index contributed by atoms with van der Waals surface area (Å²) in [7, 11) is 0. The summed E-state index contributed by atoms with van der Waals surface area (Å²) in [6.07, 6.45) is -0.675. The van der Waals surface area contributed by atoms with Crippen molar-refractivity contribution in [3.8, 4) is 0 Å². The van der Waals surface area contributed by atoms with E-state index in [0.29, 0.717) is 0 Å². The van der Waals surface area contributed by atoms with Crippen LogP contribution in [0.4, 0.5) is 0 Å². The van der Waals surface area contributed by atoms with E-state index in [1.54, 1.807) is 0 Å². The predicted molar refractivity (Wildman–Crippen MR) is 34.9 cm³/mol. The van der Waals surface area contributed by atoms with Crippen LogP contribution in [0.15, 0.2) is 0 Å². The van der Waals surface area contributed by atoms with Gasteiger partial charge in [-0.05, 0) is 0 Å². The standard InChI is InChI=1S/C6H7NO4/c1-6(7-2,5(10)11)3-4(8)9/h3H2,1H3,(H,8,9)(H,10,11). The number of aliphatic carboxylic acids is 2. The second-order valence-electron chi connectivity index (χ2n) is 2.26. The fraction of sp³-hybridized carbons (Fsp3) is 0.500. The van der Waals surface area contributed by atoms with Crippen molar-refractivity contribution < 1.29 is 19.8 Å². The third-order valence-electron chi connectivity index (χ3n) is 1.20. The summed E-state index contributed by atoms with van der Waals surface area (Å²) in [5.41, 5.74) is -1.83. The molecule has 0 amide bonds. The molecule has 0 saturated heterocycles. The summed E-state index contributed by atoms with van der Waals surface area (Å²) in [6.45, 7) is 7.54. The second kappa shape index (κ2) is 3.01. The fourth-order valence-electron chi connectivity index (χ4n) is 0.457. The van der Waals surface area contributed by atoms with Crippen LogP contribution in [-0.4, -0.2) is 27.7 Å². The molecule has 2 N–H and O–H groups in total. The lowest BCUT2D eigenvalue weighted by Crippen LogP contribution is -2.33. The Morgan fingerprint density at radius 1 is 1.55 bits per heavy atom. The minimum Gasteiger partial charge on any atom is -0.481 e. The third kappa shape index (κ3) is 2.26. The number of carboxylic acid groups (broad SMARTS) is 2. The van der Waals surface area contributed by atoms with Crippen molar-refractivity contribution in [3.63, 3.8) is 0 Å². The van der Waals surface area contributed by atoms with Gasteiger partial charge in [0, 0.05) is 6.92 Å². The molecule has 0 aromatic rings. The van der Waals surface area contributed by atoms with Crippen LogP contribution in [0, 0.1) is 6.57 Å². The molecular weight excluding hydrogens is 150 g/mol. The highest BCUT2D eigenvalue weighted by atomic mass is 16.4. The molecule has 11 heavy (non-hydrogen) atoms. The first-order valence-corrected chi connectivity index (χ1v) is 2.76. The first kappa shape index (κ1) is 9.43. The van der Waals surface area contributed by atoms with Crippen molar-refractivity contribution in [2.24, 2.45) is 0 Å². The molecule has 60 valence electrons. The van der Waals surface area contributed by atoms with Crippen molar-refractivity contribution in [1.82, 2.24) is 0 Å². The third-order valence-corrected chi connectivity index (χ3v) is 1.20. The summed E-state index contributed by atoms with van der Waals surface area (Å²) >= 11 is 0. The van der Waals surface area contributed by atoms with Gasteiger partial charge in [0.1, 0.15) is 6.42 Å². The Morgan fingerprint density at radius 2 is 2.00 bits per heavy atom. The van der Waals surface area contributed by atoms with Crippen molar-refractivity contribution in [2.45, 2.75) is 18.9 Å². The van der Waals surface area contributed by atoms with Gasteiger partial charge in [-0.2, -0.15) is 0 Å². The summed E-state index contributed by atoms with van der Waals surface area (Å²) in [5.74, 6) is -2.69. The largest absolute Gasteiger partial charge is 0.481 e. The van der Waals surface area contributed by atoms with Crippen LogP contribution in [0.5, 0.6) is 0 Å². The van der Waals surface area contributed by atoms with E-state index < -0.39 is 23.9 Å². The normalized spacial score (nSPS) is 14.5. The van der Waals surface area contributed by atoms with E-state index in [4.69, 9.17) is 16.8 Å². The minimum absolute atomic E-state index is 0.675. The average molecular weight is 157 g/mol. The van der Waals surface area contributed by atoms with Crippen LogP contribution in [0.25, 0.3) is 4.85 Å². The number of nitrogens with zero attached hydrogens (tertiary/aromatic N) is 1. The van der Waals surface area contributed by atoms with Crippen LogP contribution in [0.3, 0.4) is 0 Å². The fourth-order valence-corrected chi connectivity index (χ4v) is 0.457. The van der Waals surface area contributed by atoms with Crippen LogP contribution >= 0.6 is 0 Å². The average Bonchev–Trinajstić information content (AvgIpc) is 1.86. The molecule has 0 aliphatic rings. The van der Waals surface area contributed by atoms with Crippen molar-refractivity contribution in [1.29, 1.82) is 0 Å². The number of hydrogen-bond donors (Lipinski definition) is 2. The molecule has 1 atom stereocenters. The van der Waals surface area contributed by atoms with Gasteiger partial charge in [-0.3, -0.25) is 9.64 Å². The number of rotatable bonds is 3. The summed E-state index contributed by atoms with van der Waals surface area (Å²) in [5, 5.41) is 16.6. The van der Waals surface area contributed by atoms with E-state index in [2.05, 4.69) is 4.85 Å². The van der Waals surface area contributed by atoms with Crippen LogP contribution in [0.1, 0.15) is 13.3 Å². The van der Waals surface area contributed by atoms with Crippen molar-refractivity contribution in [3.05, 3.63) is 11.4 Å². The van der Waals surface area contributed by atoms with E-state index in [-0.39, 0.29) is 0 Å². The maximum absolute atomic E-state index is 10.3. The van der Waals surface area contributed by atoms with E-state index in [0.717, 1.165) is 6.92 Å². The molecule has 0 heterocycles. The van der Waals surface area contributed by atoms with E-state index in [1.165, 1.54) is 0 Å². The quantitative estimate of drug-likeness (QED) is 0.574. The zero-order valence-electron chi connectivity index (χ0n) is 5.87. The smallest absolute Gasteiger partial charge is 0.391 e. The highest BCUT2D eigenvalue weighted by molar-refractivity contribution is 5.86. The van der Waals surface area contributed by atoms with Gasteiger partial charge < -0.3 is 10.2 Å². The number of hydrogen-bond acceptors (Lipinski definition) is 2. The van der Waals surface area contributed by atoms with Gasteiger partial charge in [0.05, 0.1) is 0 Å². The molecule has 0 aliphatic carbocycles. The molecule has 0 aliphatic heterocycles. The molecule has 0 radical (unpaired) electrons. The lowest BCUT2D eigenvalue weighted by Gasteiger charge is -2.07. The molecule has 0 aromatic carbocycles. The summed E-state index contributed by atoms with van der Waals surface area (Å²) in [4.78, 5) is 23.1. The van der Waals surface area contributed by atoms with Crippen LogP contribution in [-0.2, 0) is 9.59 Å². The van der Waals surface area contributed by atoms with Gasteiger partial charge in [0.2, 0.25) is 0 Å². The molecule has 0 aromatic heterocycles. The Hall–Kier alpha value is -1.57. The first-order valence-electron chi connectivity index (χ1n) is 2.76. The zero-order chi connectivity index (χ0) is 9.07. The SMILES string of the molecule is [C-]#[N+]C(C)(CC(=O)O)C(=O)O. The molecular formula is C6H7NO4. The first-order chi connectivity index (χ1) is 4.92. The molecule has 0 rings (SSSR count). The minimum atomic E-state index is -1.83. The lowest BCUT2D eigenvalue weighted by atomic mass is 10.00. The van der Waals surface area contributed by atoms with Gasteiger partial charge in [0.25, 0.3) is 0 Å². The molecule has 5 heteroatoms. The molecule has 5 nitrogen and oxygen atoms in total. The Labute approximate surface area is 63.1 Å². The Balaban J connectivity index is 4.51. The molecule has 0 spiro atoms. The maximum Gasteiger partial charge on any atom is 0.391 e. The lowest BCUT2D eigenvalue weighted by molar-refractivity contribution is -0.147. The van der Waals surface area contributed by atoms with Gasteiger partial charge in [-0.15, -0.1) is 0 Å². The topological polar surface area (TPSA) is 79.0 Å². The van der Waals surface area contributed by atoms with Gasteiger partial charge in [0.15, 0.2) is 0 Å². The monoisotopic (exact) mass is 157 g/mol. The number of carboxylic acids is 2. The number of carbonyl (C=O) groups is 2. The zero-order valence-corrected chi connectivity index (χ0v) is 5.87. The Bertz CT molecular complexity index is 229.